The van der Waals surface area contributed by atoms with Crippen LogP contribution in [0.25, 0.3) is 11.1 Å². The predicted molar refractivity (Wildman–Crippen MR) is 157 cm³/mol. The van der Waals surface area contributed by atoms with Crippen LogP contribution < -0.4 is 9.47 Å². The van der Waals surface area contributed by atoms with Gasteiger partial charge in [-0.15, -0.1) is 0 Å². The van der Waals surface area contributed by atoms with Gasteiger partial charge in [-0.05, 0) is 102 Å². The van der Waals surface area contributed by atoms with Crippen LogP contribution in [-0.4, -0.2) is 23.7 Å². The van der Waals surface area contributed by atoms with Crippen molar-refractivity contribution in [2.45, 2.75) is 50.8 Å². The molecule has 0 N–H and O–H groups in total. The van der Waals surface area contributed by atoms with Crippen LogP contribution in [0.2, 0.25) is 0 Å². The van der Waals surface area contributed by atoms with Gasteiger partial charge in [-0.25, -0.2) is 4.79 Å². The summed E-state index contributed by atoms with van der Waals surface area (Å²) in [4.78, 5) is 37.5. The van der Waals surface area contributed by atoms with E-state index in [4.69, 9.17) is 14.2 Å². The van der Waals surface area contributed by atoms with Crippen molar-refractivity contribution in [1.29, 1.82) is 0 Å². The quantitative estimate of drug-likeness (QED) is 0.0600. The first kappa shape index (κ1) is 28.9. The summed E-state index contributed by atoms with van der Waals surface area (Å²) in [5.74, 6) is 0.475. The maximum absolute atomic E-state index is 13.3. The Balaban J connectivity index is 1.44. The SMILES string of the molecule is C=COC(=O)CCCOc1ccc2c(c1)C(C)c1cc(SC(=O)c3ccc(OC(=O)C(=C)C)cc3CC)ccc1-2. The van der Waals surface area contributed by atoms with Crippen LogP contribution in [0, 0.1) is 0 Å². The Hall–Kier alpha value is -4.10. The van der Waals surface area contributed by atoms with Gasteiger partial charge in [0.15, 0.2) is 0 Å². The van der Waals surface area contributed by atoms with Gasteiger partial charge in [0.05, 0.1) is 12.9 Å². The molecule has 7 heteroatoms. The Morgan fingerprint density at radius 3 is 2.38 bits per heavy atom. The van der Waals surface area contributed by atoms with Crippen molar-refractivity contribution in [3.8, 4) is 22.6 Å². The second-order valence-electron chi connectivity index (χ2n) is 9.56. The van der Waals surface area contributed by atoms with E-state index in [1.807, 2.05) is 19.1 Å². The molecule has 1 unspecified atom stereocenters. The van der Waals surface area contributed by atoms with Crippen molar-refractivity contribution < 1.29 is 28.6 Å². The molecule has 3 aromatic rings. The normalized spacial score (nSPS) is 13.1. The fourth-order valence-corrected chi connectivity index (χ4v) is 5.49. The largest absolute Gasteiger partial charge is 0.494 e. The minimum Gasteiger partial charge on any atom is -0.494 e. The Bertz CT molecular complexity index is 1490. The molecule has 0 saturated carbocycles. The molecular weight excluding hydrogens is 524 g/mol. The first-order valence-corrected chi connectivity index (χ1v) is 14.0. The molecule has 0 saturated heterocycles. The van der Waals surface area contributed by atoms with Crippen LogP contribution in [0.5, 0.6) is 11.5 Å². The molecule has 4 rings (SSSR count). The fourth-order valence-electron chi connectivity index (χ4n) is 4.65. The first-order chi connectivity index (χ1) is 19.2. The highest BCUT2D eigenvalue weighted by Crippen LogP contribution is 2.47. The second-order valence-corrected chi connectivity index (χ2v) is 10.6. The summed E-state index contributed by atoms with van der Waals surface area (Å²) in [6.07, 6.45) is 2.58. The zero-order chi connectivity index (χ0) is 28.8. The van der Waals surface area contributed by atoms with Crippen molar-refractivity contribution in [3.05, 3.63) is 102 Å². The first-order valence-electron chi connectivity index (χ1n) is 13.2. The molecule has 1 aliphatic carbocycles. The number of carbonyl (C=O) groups excluding carboxylic acids is 3. The number of benzene rings is 3. The maximum Gasteiger partial charge on any atom is 0.338 e. The fraction of sp³-hybridized carbons (Fsp3) is 0.242. The predicted octanol–water partition coefficient (Wildman–Crippen LogP) is 7.64. The number of thioether (sulfide) groups is 1. The van der Waals surface area contributed by atoms with Crippen LogP contribution in [0.3, 0.4) is 0 Å². The van der Waals surface area contributed by atoms with Crippen LogP contribution in [-0.2, 0) is 20.7 Å². The summed E-state index contributed by atoms with van der Waals surface area (Å²) in [5, 5.41) is -0.0644. The molecule has 0 spiro atoms. The third-order valence-corrected chi connectivity index (χ3v) is 7.62. The van der Waals surface area contributed by atoms with E-state index in [9.17, 15) is 14.4 Å². The number of hydrogen-bond donors (Lipinski definition) is 0. The van der Waals surface area contributed by atoms with E-state index in [1.165, 1.54) is 17.3 Å². The second kappa shape index (κ2) is 12.8. The zero-order valence-electron chi connectivity index (χ0n) is 23.0. The lowest BCUT2D eigenvalue weighted by atomic mass is 9.99. The maximum atomic E-state index is 13.3. The van der Waals surface area contributed by atoms with E-state index in [0.717, 1.165) is 39.2 Å². The third-order valence-electron chi connectivity index (χ3n) is 6.73. The van der Waals surface area contributed by atoms with Crippen molar-refractivity contribution >= 4 is 28.8 Å². The van der Waals surface area contributed by atoms with Crippen LogP contribution in [0.4, 0.5) is 0 Å². The van der Waals surface area contributed by atoms with Gasteiger partial charge in [-0.2, -0.15) is 0 Å². The van der Waals surface area contributed by atoms with Gasteiger partial charge >= 0.3 is 11.9 Å². The standard InChI is InChI=1S/C33H32O6S/c1-6-22-17-24(39-32(35)20(3)4)11-13-26(22)33(36)40-25-12-15-28-27-14-10-23(18-29(27)21(5)30(28)19-25)38-16-8-9-31(34)37-7-2/h7,10-15,17-19,21H,2-3,6,8-9,16H2,1,4-5H3. The van der Waals surface area contributed by atoms with Crippen LogP contribution in [0.1, 0.15) is 66.6 Å². The smallest absolute Gasteiger partial charge is 0.338 e. The molecule has 40 heavy (non-hydrogen) atoms. The Labute approximate surface area is 239 Å². The average Bonchev–Trinajstić information content (AvgIpc) is 3.21. The molecule has 1 aliphatic rings. The molecule has 0 radical (unpaired) electrons. The van der Waals surface area contributed by atoms with E-state index in [0.29, 0.717) is 36.3 Å². The highest BCUT2D eigenvalue weighted by molar-refractivity contribution is 8.14. The minimum absolute atomic E-state index is 0.0644. The lowest BCUT2D eigenvalue weighted by Crippen LogP contribution is -2.09. The van der Waals surface area contributed by atoms with Gasteiger partial charge in [-0.1, -0.05) is 39.1 Å². The van der Waals surface area contributed by atoms with Gasteiger partial charge < -0.3 is 14.2 Å². The van der Waals surface area contributed by atoms with E-state index < -0.39 is 5.97 Å². The molecule has 0 fully saturated rings. The van der Waals surface area contributed by atoms with Gasteiger partial charge in [0, 0.05) is 28.4 Å². The van der Waals surface area contributed by atoms with E-state index in [1.54, 1.807) is 25.1 Å². The topological polar surface area (TPSA) is 78.9 Å². The lowest BCUT2D eigenvalue weighted by molar-refractivity contribution is -0.138. The molecule has 0 aliphatic heterocycles. The van der Waals surface area contributed by atoms with Crippen molar-refractivity contribution in [3.63, 3.8) is 0 Å². The molecular formula is C33H32O6S. The summed E-state index contributed by atoms with van der Waals surface area (Å²) >= 11 is 1.19. The van der Waals surface area contributed by atoms with Crippen molar-refractivity contribution in [2.24, 2.45) is 0 Å². The van der Waals surface area contributed by atoms with Crippen molar-refractivity contribution in [1.82, 2.24) is 0 Å². The summed E-state index contributed by atoms with van der Waals surface area (Å²) < 4.78 is 15.9. The monoisotopic (exact) mass is 556 g/mol. The molecule has 0 heterocycles. The Kier molecular flexibility index (Phi) is 9.27. The molecule has 206 valence electrons. The number of esters is 2. The number of rotatable bonds is 11. The number of fused-ring (bicyclic) bond motifs is 3. The van der Waals surface area contributed by atoms with E-state index in [-0.39, 0.29) is 23.4 Å². The molecule has 0 aromatic heterocycles. The summed E-state index contributed by atoms with van der Waals surface area (Å²) in [7, 11) is 0. The van der Waals surface area contributed by atoms with Crippen molar-refractivity contribution in [2.75, 3.05) is 6.61 Å². The van der Waals surface area contributed by atoms with Gasteiger partial charge in [0.2, 0.25) is 5.12 Å². The highest BCUT2D eigenvalue weighted by atomic mass is 32.2. The molecule has 0 bridgehead atoms. The van der Waals surface area contributed by atoms with Crippen LogP contribution >= 0.6 is 11.8 Å². The molecule has 0 amide bonds. The van der Waals surface area contributed by atoms with Gasteiger partial charge in [0.25, 0.3) is 0 Å². The van der Waals surface area contributed by atoms with E-state index in [2.05, 4.69) is 44.3 Å². The molecule has 1 atom stereocenters. The third kappa shape index (κ3) is 6.54. The molecule has 6 nitrogen and oxygen atoms in total. The van der Waals surface area contributed by atoms with Gasteiger partial charge in [0.1, 0.15) is 11.5 Å². The number of hydrogen-bond acceptors (Lipinski definition) is 7. The molecule has 3 aromatic carbocycles. The van der Waals surface area contributed by atoms with E-state index >= 15 is 0 Å². The Morgan fingerprint density at radius 1 is 0.975 bits per heavy atom. The lowest BCUT2D eigenvalue weighted by Gasteiger charge is -2.11. The average molecular weight is 557 g/mol. The number of aryl methyl sites for hydroxylation is 1. The number of carbonyl (C=O) groups is 3. The minimum atomic E-state index is -0.492. The highest BCUT2D eigenvalue weighted by Gasteiger charge is 2.27. The summed E-state index contributed by atoms with van der Waals surface area (Å²) in [6, 6.07) is 17.3. The number of ether oxygens (including phenoxy) is 3. The summed E-state index contributed by atoms with van der Waals surface area (Å²) in [6.45, 7) is 13.1. The van der Waals surface area contributed by atoms with Crippen LogP contribution in [0.15, 0.2) is 84.5 Å². The van der Waals surface area contributed by atoms with Gasteiger partial charge in [-0.3, -0.25) is 9.59 Å². The summed E-state index contributed by atoms with van der Waals surface area (Å²) in [5.41, 5.74) is 6.36. The zero-order valence-corrected chi connectivity index (χ0v) is 23.8. The Morgan fingerprint density at radius 2 is 1.68 bits per heavy atom.